The molecule has 1 aliphatic carbocycles. The molecule has 1 aliphatic rings. The van der Waals surface area contributed by atoms with Gasteiger partial charge in [0.2, 0.25) is 0 Å². The van der Waals surface area contributed by atoms with E-state index in [1.807, 2.05) is 32.1 Å². The molecule has 2 aromatic rings. The highest BCUT2D eigenvalue weighted by molar-refractivity contribution is 6.29. The van der Waals surface area contributed by atoms with E-state index in [1.54, 1.807) is 6.08 Å². The summed E-state index contributed by atoms with van der Waals surface area (Å²) in [5, 5.41) is 2.24. The van der Waals surface area contributed by atoms with Gasteiger partial charge in [-0.3, -0.25) is 4.79 Å². The summed E-state index contributed by atoms with van der Waals surface area (Å²) in [5.74, 6) is 0.709. The molecule has 0 amide bonds. The van der Waals surface area contributed by atoms with Crippen LogP contribution in [-0.4, -0.2) is 5.78 Å². The molecular weight excluding hydrogens is 316 g/mol. The van der Waals surface area contributed by atoms with Gasteiger partial charge < -0.3 is 0 Å². The van der Waals surface area contributed by atoms with Crippen LogP contribution in [0.2, 0.25) is 0 Å². The van der Waals surface area contributed by atoms with Crippen molar-refractivity contribution < 1.29 is 4.79 Å². The molecule has 1 heteroatoms. The Morgan fingerprint density at radius 3 is 2.46 bits per heavy atom. The fourth-order valence-electron chi connectivity index (χ4n) is 3.36. The Balaban J connectivity index is 0.00000117. The predicted octanol–water partition coefficient (Wildman–Crippen LogP) is 7.30. The monoisotopic (exact) mass is 346 g/mol. The van der Waals surface area contributed by atoms with E-state index in [0.717, 1.165) is 45.9 Å². The van der Waals surface area contributed by atoms with Gasteiger partial charge in [0, 0.05) is 16.5 Å². The molecule has 0 saturated heterocycles. The number of benzene rings is 2. The fraction of sp³-hybridized carbons (Fsp3) is 0.320. The molecule has 0 radical (unpaired) electrons. The first-order valence-electron chi connectivity index (χ1n) is 9.69. The minimum atomic E-state index is 0.134. The lowest BCUT2D eigenvalue weighted by Gasteiger charge is -2.23. The Morgan fingerprint density at radius 2 is 1.81 bits per heavy atom. The molecule has 0 saturated carbocycles. The van der Waals surface area contributed by atoms with Crippen molar-refractivity contribution >= 4 is 22.1 Å². The molecular formula is C25H30O. The van der Waals surface area contributed by atoms with E-state index in [1.165, 1.54) is 5.56 Å². The normalized spacial score (nSPS) is 17.2. The Labute approximate surface area is 158 Å². The van der Waals surface area contributed by atoms with Crippen molar-refractivity contribution in [3.63, 3.8) is 0 Å². The van der Waals surface area contributed by atoms with Crippen LogP contribution in [0.15, 0.2) is 60.7 Å². The quantitative estimate of drug-likeness (QED) is 0.531. The first kappa shape index (κ1) is 19.9. The minimum Gasteiger partial charge on any atom is -0.289 e. The second-order valence-electron chi connectivity index (χ2n) is 6.67. The molecule has 0 heterocycles. The van der Waals surface area contributed by atoms with Crippen LogP contribution in [0.3, 0.4) is 0 Å². The molecule has 0 fully saturated rings. The van der Waals surface area contributed by atoms with Gasteiger partial charge in [-0.15, -0.1) is 0 Å². The van der Waals surface area contributed by atoms with E-state index < -0.39 is 0 Å². The van der Waals surface area contributed by atoms with E-state index in [-0.39, 0.29) is 5.78 Å². The van der Waals surface area contributed by atoms with Crippen molar-refractivity contribution in [2.24, 2.45) is 5.92 Å². The Hall–Kier alpha value is -2.41. The van der Waals surface area contributed by atoms with Crippen LogP contribution in [-0.2, 0) is 0 Å². The summed E-state index contributed by atoms with van der Waals surface area (Å²) in [7, 11) is 0. The van der Waals surface area contributed by atoms with E-state index >= 15 is 0 Å². The molecule has 1 unspecified atom stereocenters. The number of Topliss-reactive ketones (excluding diaryl/α,β-unsaturated/α-hetero) is 1. The number of carbonyl (C=O) groups is 1. The van der Waals surface area contributed by atoms with Crippen molar-refractivity contribution in [2.45, 2.75) is 47.5 Å². The maximum absolute atomic E-state index is 13.2. The van der Waals surface area contributed by atoms with Gasteiger partial charge in [-0.1, -0.05) is 89.3 Å². The van der Waals surface area contributed by atoms with Crippen LogP contribution < -0.4 is 0 Å². The van der Waals surface area contributed by atoms with Gasteiger partial charge in [-0.05, 0) is 41.3 Å². The SMILES string of the molecule is C=C/C=C1\C(=C/CC(C)CC)C(=O)c2ccc(C)c3cccc1c23.CC. The average Bonchev–Trinajstić information content (AvgIpc) is 2.68. The van der Waals surface area contributed by atoms with Crippen LogP contribution >= 0.6 is 0 Å². The lowest BCUT2D eigenvalue weighted by molar-refractivity contribution is 0.103. The Kier molecular flexibility index (Phi) is 6.74. The average molecular weight is 347 g/mol. The number of allylic oxidation sites excluding steroid dienone is 5. The van der Waals surface area contributed by atoms with Crippen LogP contribution in [0.25, 0.3) is 16.3 Å². The summed E-state index contributed by atoms with van der Waals surface area (Å²) >= 11 is 0. The molecule has 26 heavy (non-hydrogen) atoms. The minimum absolute atomic E-state index is 0.134. The molecule has 0 bridgehead atoms. The summed E-state index contributed by atoms with van der Waals surface area (Å²) < 4.78 is 0. The van der Waals surface area contributed by atoms with Gasteiger partial charge in [0.15, 0.2) is 5.78 Å². The third kappa shape index (κ3) is 3.58. The van der Waals surface area contributed by atoms with Gasteiger partial charge in [0.25, 0.3) is 0 Å². The van der Waals surface area contributed by atoms with Gasteiger partial charge in [-0.25, -0.2) is 0 Å². The van der Waals surface area contributed by atoms with Crippen LogP contribution in [0, 0.1) is 12.8 Å². The molecule has 0 aromatic heterocycles. The lowest BCUT2D eigenvalue weighted by Crippen LogP contribution is -2.13. The number of hydrogen-bond acceptors (Lipinski definition) is 1. The number of carbonyl (C=O) groups excluding carboxylic acids is 1. The zero-order valence-electron chi connectivity index (χ0n) is 16.7. The summed E-state index contributed by atoms with van der Waals surface area (Å²) in [6.07, 6.45) is 7.90. The molecule has 0 N–H and O–H groups in total. The molecule has 1 atom stereocenters. The van der Waals surface area contributed by atoms with E-state index in [4.69, 9.17) is 0 Å². The third-order valence-electron chi connectivity index (χ3n) is 5.03. The smallest absolute Gasteiger partial charge is 0.193 e. The highest BCUT2D eigenvalue weighted by Gasteiger charge is 2.27. The van der Waals surface area contributed by atoms with Crippen molar-refractivity contribution in [1.29, 1.82) is 0 Å². The van der Waals surface area contributed by atoms with Gasteiger partial charge >= 0.3 is 0 Å². The summed E-state index contributed by atoms with van der Waals surface area (Å²) in [5.41, 5.74) is 4.98. The third-order valence-corrected chi connectivity index (χ3v) is 5.03. The molecule has 0 aliphatic heterocycles. The Bertz CT molecular complexity index is 880. The zero-order valence-corrected chi connectivity index (χ0v) is 16.7. The second-order valence-corrected chi connectivity index (χ2v) is 6.67. The topological polar surface area (TPSA) is 17.1 Å². The number of rotatable bonds is 4. The first-order valence-corrected chi connectivity index (χ1v) is 9.69. The van der Waals surface area contributed by atoms with Gasteiger partial charge in [0.1, 0.15) is 0 Å². The number of hydrogen-bond donors (Lipinski definition) is 0. The fourth-order valence-corrected chi connectivity index (χ4v) is 3.36. The van der Waals surface area contributed by atoms with E-state index in [0.29, 0.717) is 5.92 Å². The zero-order chi connectivity index (χ0) is 19.3. The van der Waals surface area contributed by atoms with E-state index in [9.17, 15) is 4.79 Å². The number of ketones is 1. The standard InChI is InChI=1S/C23H24O.C2H6/c1-5-8-18-19-10-7-9-17-16(4)12-14-21(22(17)19)23(24)20(18)13-11-15(3)6-2;1-2/h5,7-10,12-15H,1,6,11H2,2-4H3;1-2H3/b18-8-,20-13+;. The summed E-state index contributed by atoms with van der Waals surface area (Å²) in [6.45, 7) is 14.4. The largest absolute Gasteiger partial charge is 0.289 e. The summed E-state index contributed by atoms with van der Waals surface area (Å²) in [6, 6.07) is 10.3. The molecule has 0 spiro atoms. The Morgan fingerprint density at radius 1 is 1.08 bits per heavy atom. The second kappa shape index (κ2) is 8.80. The van der Waals surface area contributed by atoms with Crippen molar-refractivity contribution in [1.82, 2.24) is 0 Å². The molecule has 2 aromatic carbocycles. The number of aryl methyl sites for hydroxylation is 1. The maximum atomic E-state index is 13.2. The highest BCUT2D eigenvalue weighted by Crippen LogP contribution is 2.40. The molecule has 3 rings (SSSR count). The van der Waals surface area contributed by atoms with Crippen LogP contribution in [0.5, 0.6) is 0 Å². The van der Waals surface area contributed by atoms with Crippen molar-refractivity contribution in [3.05, 3.63) is 77.4 Å². The predicted molar refractivity (Wildman–Crippen MR) is 115 cm³/mol. The lowest BCUT2D eigenvalue weighted by atomic mass is 9.79. The van der Waals surface area contributed by atoms with Crippen molar-refractivity contribution in [3.8, 4) is 0 Å². The van der Waals surface area contributed by atoms with E-state index in [2.05, 4.69) is 51.6 Å². The first-order chi connectivity index (χ1) is 12.6. The van der Waals surface area contributed by atoms with Crippen LogP contribution in [0.4, 0.5) is 0 Å². The molecule has 136 valence electrons. The highest BCUT2D eigenvalue weighted by atomic mass is 16.1. The summed E-state index contributed by atoms with van der Waals surface area (Å²) in [4.78, 5) is 13.2. The van der Waals surface area contributed by atoms with Gasteiger partial charge in [-0.2, -0.15) is 0 Å². The van der Waals surface area contributed by atoms with Crippen molar-refractivity contribution in [2.75, 3.05) is 0 Å². The maximum Gasteiger partial charge on any atom is 0.193 e. The van der Waals surface area contributed by atoms with Gasteiger partial charge in [0.05, 0.1) is 0 Å². The molecule has 1 nitrogen and oxygen atoms in total. The van der Waals surface area contributed by atoms with Crippen LogP contribution in [0.1, 0.15) is 62.0 Å².